The van der Waals surface area contributed by atoms with Crippen molar-refractivity contribution in [3.05, 3.63) is 77.8 Å². The normalized spacial score (nSPS) is 11.4. The van der Waals surface area contributed by atoms with Gasteiger partial charge in [0.25, 0.3) is 0 Å². The van der Waals surface area contributed by atoms with Crippen molar-refractivity contribution in [1.82, 2.24) is 4.98 Å². The quantitative estimate of drug-likeness (QED) is 0.750. The maximum atomic E-state index is 10.8. The minimum Gasteiger partial charge on any atom is -0.478 e. The molecule has 1 N–H and O–H groups in total. The molecule has 0 radical (unpaired) electrons. The van der Waals surface area contributed by atoms with Gasteiger partial charge in [-0.3, -0.25) is 0 Å². The van der Waals surface area contributed by atoms with Crippen LogP contribution in [0, 0.1) is 0 Å². The van der Waals surface area contributed by atoms with E-state index in [0.717, 1.165) is 11.1 Å². The van der Waals surface area contributed by atoms with Gasteiger partial charge < -0.3 is 9.52 Å². The van der Waals surface area contributed by atoms with Crippen LogP contribution in [-0.2, 0) is 0 Å². The van der Waals surface area contributed by atoms with Gasteiger partial charge in [0.05, 0.1) is 11.8 Å². The topological polar surface area (TPSA) is 63.3 Å². The first kappa shape index (κ1) is 15.1. The molecule has 0 fully saturated rings. The molecular weight excluding hydrogens is 314 g/mol. The molecule has 0 aliphatic heterocycles. The molecule has 114 valence electrons. The molecule has 0 aliphatic carbocycles. The Labute approximate surface area is 137 Å². The van der Waals surface area contributed by atoms with E-state index >= 15 is 0 Å². The summed E-state index contributed by atoms with van der Waals surface area (Å²) < 4.78 is 5.66. The van der Waals surface area contributed by atoms with Crippen molar-refractivity contribution in [1.29, 1.82) is 0 Å². The third kappa shape index (κ3) is 3.49. The van der Waals surface area contributed by atoms with Gasteiger partial charge in [-0.05, 0) is 23.8 Å². The van der Waals surface area contributed by atoms with Crippen LogP contribution >= 0.6 is 11.6 Å². The summed E-state index contributed by atoms with van der Waals surface area (Å²) in [5.74, 6) is -0.0203. The Hall–Kier alpha value is -2.85. The lowest BCUT2D eigenvalue weighted by Crippen LogP contribution is -1.94. The molecule has 0 spiro atoms. The Bertz CT molecular complexity index is 851. The predicted molar refractivity (Wildman–Crippen MR) is 89.1 cm³/mol. The number of benzene rings is 2. The Morgan fingerprint density at radius 1 is 1.09 bits per heavy atom. The highest BCUT2D eigenvalue weighted by atomic mass is 35.5. The van der Waals surface area contributed by atoms with Crippen molar-refractivity contribution in [2.45, 2.75) is 0 Å². The second-order valence-electron chi connectivity index (χ2n) is 4.82. The molecular formula is C18H12ClNO3. The zero-order chi connectivity index (χ0) is 16.2. The third-order valence-electron chi connectivity index (χ3n) is 3.22. The minimum absolute atomic E-state index is 0.223. The van der Waals surface area contributed by atoms with Gasteiger partial charge in [0, 0.05) is 5.56 Å². The van der Waals surface area contributed by atoms with Gasteiger partial charge >= 0.3 is 5.97 Å². The maximum Gasteiger partial charge on any atom is 0.335 e. The van der Waals surface area contributed by atoms with Gasteiger partial charge in [-0.15, -0.1) is 0 Å². The van der Waals surface area contributed by atoms with Gasteiger partial charge in [-0.25, -0.2) is 9.78 Å². The Morgan fingerprint density at radius 3 is 2.43 bits per heavy atom. The molecule has 0 amide bonds. The standard InChI is InChI=1S/C18H12ClNO3/c19-15(10-12-6-8-14(9-7-12)18(21)22)17-20-11-16(23-17)13-4-2-1-3-5-13/h1-11H,(H,21,22)/b15-10-. The number of aromatic carboxylic acids is 1. The molecule has 4 nitrogen and oxygen atoms in total. The lowest BCUT2D eigenvalue weighted by Gasteiger charge is -1.98. The summed E-state index contributed by atoms with van der Waals surface area (Å²) in [4.78, 5) is 15.0. The smallest absolute Gasteiger partial charge is 0.335 e. The zero-order valence-corrected chi connectivity index (χ0v) is 12.7. The highest BCUT2D eigenvalue weighted by Gasteiger charge is 2.09. The lowest BCUT2D eigenvalue weighted by atomic mass is 10.1. The van der Waals surface area contributed by atoms with Crippen molar-refractivity contribution < 1.29 is 14.3 Å². The van der Waals surface area contributed by atoms with Crippen LogP contribution in [0.3, 0.4) is 0 Å². The van der Waals surface area contributed by atoms with E-state index in [4.69, 9.17) is 21.1 Å². The molecule has 0 saturated heterocycles. The summed E-state index contributed by atoms with van der Waals surface area (Å²) in [5.41, 5.74) is 1.90. The number of carboxylic acid groups (broad SMARTS) is 1. The lowest BCUT2D eigenvalue weighted by molar-refractivity contribution is 0.0697. The first-order valence-electron chi connectivity index (χ1n) is 6.85. The van der Waals surface area contributed by atoms with Crippen LogP contribution < -0.4 is 0 Å². The molecule has 3 rings (SSSR count). The number of carboxylic acids is 1. The number of nitrogens with zero attached hydrogens (tertiary/aromatic N) is 1. The second-order valence-corrected chi connectivity index (χ2v) is 5.22. The highest BCUT2D eigenvalue weighted by Crippen LogP contribution is 2.26. The van der Waals surface area contributed by atoms with Crippen LogP contribution in [-0.4, -0.2) is 16.1 Å². The molecule has 0 saturated carbocycles. The van der Waals surface area contributed by atoms with Gasteiger partial charge in [0.2, 0.25) is 5.89 Å². The summed E-state index contributed by atoms with van der Waals surface area (Å²) in [6, 6.07) is 16.0. The summed E-state index contributed by atoms with van der Waals surface area (Å²) in [5, 5.41) is 9.22. The van der Waals surface area contributed by atoms with Crippen LogP contribution in [0.4, 0.5) is 0 Å². The van der Waals surface area contributed by atoms with Crippen molar-refractivity contribution >= 4 is 28.7 Å². The maximum absolute atomic E-state index is 10.8. The Kier molecular flexibility index (Phi) is 4.26. The average Bonchev–Trinajstić information content (AvgIpc) is 3.06. The second kappa shape index (κ2) is 6.50. The van der Waals surface area contributed by atoms with E-state index in [1.165, 1.54) is 12.1 Å². The molecule has 3 aromatic rings. The van der Waals surface area contributed by atoms with Crippen LogP contribution in [0.5, 0.6) is 0 Å². The molecule has 0 aliphatic rings. The molecule has 23 heavy (non-hydrogen) atoms. The van der Waals surface area contributed by atoms with E-state index in [1.807, 2.05) is 30.3 Å². The number of carbonyl (C=O) groups is 1. The van der Waals surface area contributed by atoms with Crippen molar-refractivity contribution in [3.8, 4) is 11.3 Å². The largest absolute Gasteiger partial charge is 0.478 e. The molecule has 5 heteroatoms. The number of hydrogen-bond acceptors (Lipinski definition) is 3. The number of aromatic nitrogens is 1. The van der Waals surface area contributed by atoms with E-state index in [9.17, 15) is 4.79 Å². The Balaban J connectivity index is 1.84. The van der Waals surface area contributed by atoms with E-state index in [2.05, 4.69) is 4.98 Å². The van der Waals surface area contributed by atoms with E-state index in [1.54, 1.807) is 24.4 Å². The summed E-state index contributed by atoms with van der Waals surface area (Å²) in [7, 11) is 0. The SMILES string of the molecule is O=C(O)c1ccc(/C=C(\Cl)c2ncc(-c3ccccc3)o2)cc1. The fourth-order valence-electron chi connectivity index (χ4n) is 2.05. The molecule has 1 heterocycles. The molecule has 0 atom stereocenters. The van der Waals surface area contributed by atoms with Crippen LogP contribution in [0.2, 0.25) is 0 Å². The van der Waals surface area contributed by atoms with Gasteiger partial charge in [-0.1, -0.05) is 54.1 Å². The molecule has 0 unspecified atom stereocenters. The van der Waals surface area contributed by atoms with E-state index in [-0.39, 0.29) is 5.56 Å². The monoisotopic (exact) mass is 325 g/mol. The minimum atomic E-state index is -0.966. The first-order chi connectivity index (χ1) is 11.1. The van der Waals surface area contributed by atoms with E-state index in [0.29, 0.717) is 16.7 Å². The van der Waals surface area contributed by atoms with Gasteiger partial charge in [0.1, 0.15) is 5.03 Å². The first-order valence-corrected chi connectivity index (χ1v) is 7.23. The number of halogens is 1. The summed E-state index contributed by atoms with van der Waals surface area (Å²) >= 11 is 6.23. The number of oxazole rings is 1. The molecule has 2 aromatic carbocycles. The van der Waals surface area contributed by atoms with Crippen molar-refractivity contribution in [2.75, 3.05) is 0 Å². The predicted octanol–water partition coefficient (Wildman–Crippen LogP) is 4.78. The summed E-state index contributed by atoms with van der Waals surface area (Å²) in [6.45, 7) is 0. The van der Waals surface area contributed by atoms with Gasteiger partial charge in [0.15, 0.2) is 5.76 Å². The fraction of sp³-hybridized carbons (Fsp3) is 0. The summed E-state index contributed by atoms with van der Waals surface area (Å²) in [6.07, 6.45) is 3.29. The van der Waals surface area contributed by atoms with Crippen molar-refractivity contribution in [2.24, 2.45) is 0 Å². The average molecular weight is 326 g/mol. The Morgan fingerprint density at radius 2 is 1.78 bits per heavy atom. The van der Waals surface area contributed by atoms with E-state index < -0.39 is 5.97 Å². The number of hydrogen-bond donors (Lipinski definition) is 1. The fourth-order valence-corrected chi connectivity index (χ4v) is 2.26. The van der Waals surface area contributed by atoms with Crippen LogP contribution in [0.1, 0.15) is 21.8 Å². The zero-order valence-electron chi connectivity index (χ0n) is 11.9. The molecule has 0 bridgehead atoms. The van der Waals surface area contributed by atoms with Gasteiger partial charge in [-0.2, -0.15) is 0 Å². The van der Waals surface area contributed by atoms with Crippen molar-refractivity contribution in [3.63, 3.8) is 0 Å². The molecule has 1 aromatic heterocycles. The third-order valence-corrected chi connectivity index (χ3v) is 3.49. The van der Waals surface area contributed by atoms with Crippen LogP contribution in [0.15, 0.2) is 65.2 Å². The highest BCUT2D eigenvalue weighted by molar-refractivity contribution is 6.50. The number of rotatable bonds is 4. The van der Waals surface area contributed by atoms with Crippen LogP contribution in [0.25, 0.3) is 22.4 Å².